The highest BCUT2D eigenvalue weighted by Crippen LogP contribution is 2.31. The highest BCUT2D eigenvalue weighted by molar-refractivity contribution is 5.96. The van der Waals surface area contributed by atoms with Crippen molar-refractivity contribution in [3.8, 4) is 11.5 Å². The molecule has 1 fully saturated rings. The van der Waals surface area contributed by atoms with Crippen LogP contribution in [0.2, 0.25) is 0 Å². The molecule has 0 aliphatic carbocycles. The predicted molar refractivity (Wildman–Crippen MR) is 69.1 cm³/mol. The minimum Gasteiger partial charge on any atom is -0.497 e. The Morgan fingerprint density at radius 1 is 1.28 bits per heavy atom. The second-order valence-corrected chi connectivity index (χ2v) is 4.38. The van der Waals surface area contributed by atoms with Crippen LogP contribution < -0.4 is 20.1 Å². The van der Waals surface area contributed by atoms with Gasteiger partial charge >= 0.3 is 0 Å². The van der Waals surface area contributed by atoms with E-state index in [1.165, 1.54) is 0 Å². The highest BCUT2D eigenvalue weighted by Gasteiger charge is 2.30. The Morgan fingerprint density at radius 3 is 2.33 bits per heavy atom. The maximum atomic E-state index is 11.9. The molecule has 5 nitrogen and oxygen atoms in total. The van der Waals surface area contributed by atoms with E-state index in [1.54, 1.807) is 25.2 Å². The molecule has 1 aliphatic heterocycles. The van der Waals surface area contributed by atoms with Crippen molar-refractivity contribution in [3.05, 3.63) is 18.2 Å². The topological polar surface area (TPSA) is 64.8 Å². The lowest BCUT2D eigenvalue weighted by molar-refractivity contribution is -0.117. The van der Waals surface area contributed by atoms with Gasteiger partial charge in [-0.05, 0) is 12.5 Å². The SMILES string of the molecule is COc1cc(OC)cc(N2CC(CN)CC2=O)c1. The summed E-state index contributed by atoms with van der Waals surface area (Å²) in [4.78, 5) is 13.7. The van der Waals surface area contributed by atoms with Gasteiger partial charge in [0, 0.05) is 31.2 Å². The number of hydrogen-bond donors (Lipinski definition) is 1. The van der Waals surface area contributed by atoms with Crippen LogP contribution in [0.25, 0.3) is 0 Å². The third kappa shape index (κ3) is 2.41. The molecular formula is C13H18N2O3. The zero-order chi connectivity index (χ0) is 13.1. The smallest absolute Gasteiger partial charge is 0.227 e. The summed E-state index contributed by atoms with van der Waals surface area (Å²) < 4.78 is 10.4. The highest BCUT2D eigenvalue weighted by atomic mass is 16.5. The number of hydrogen-bond acceptors (Lipinski definition) is 4. The van der Waals surface area contributed by atoms with E-state index in [-0.39, 0.29) is 11.8 Å². The standard InChI is InChI=1S/C13H18N2O3/c1-17-11-4-10(5-12(6-11)18-2)15-8-9(7-14)3-13(15)16/h4-6,9H,3,7-8,14H2,1-2H3. The van der Waals surface area contributed by atoms with Gasteiger partial charge in [0.1, 0.15) is 11.5 Å². The summed E-state index contributed by atoms with van der Waals surface area (Å²) in [7, 11) is 3.18. The van der Waals surface area contributed by atoms with Gasteiger partial charge in [-0.3, -0.25) is 4.79 Å². The predicted octanol–water partition coefficient (Wildman–Crippen LogP) is 1.02. The minimum atomic E-state index is 0.0979. The number of carbonyl (C=O) groups is 1. The molecule has 1 saturated heterocycles. The quantitative estimate of drug-likeness (QED) is 0.866. The fourth-order valence-electron chi connectivity index (χ4n) is 2.14. The molecule has 1 aromatic rings. The van der Waals surface area contributed by atoms with E-state index in [2.05, 4.69) is 0 Å². The second-order valence-electron chi connectivity index (χ2n) is 4.38. The molecule has 0 radical (unpaired) electrons. The average Bonchev–Trinajstić information content (AvgIpc) is 2.79. The number of ether oxygens (including phenoxy) is 2. The maximum Gasteiger partial charge on any atom is 0.227 e. The Morgan fingerprint density at radius 2 is 1.89 bits per heavy atom. The van der Waals surface area contributed by atoms with Crippen LogP contribution in [-0.4, -0.2) is 33.2 Å². The van der Waals surface area contributed by atoms with Crippen LogP contribution in [0.1, 0.15) is 6.42 Å². The van der Waals surface area contributed by atoms with Gasteiger partial charge in [0.15, 0.2) is 0 Å². The Balaban J connectivity index is 2.30. The minimum absolute atomic E-state index is 0.0979. The summed E-state index contributed by atoms with van der Waals surface area (Å²) in [6.45, 7) is 1.19. The van der Waals surface area contributed by atoms with Crippen LogP contribution in [0.5, 0.6) is 11.5 Å². The number of rotatable bonds is 4. The number of benzene rings is 1. The van der Waals surface area contributed by atoms with E-state index < -0.39 is 0 Å². The number of carbonyl (C=O) groups excluding carboxylic acids is 1. The van der Waals surface area contributed by atoms with Crippen molar-refractivity contribution in [2.24, 2.45) is 11.7 Å². The zero-order valence-corrected chi connectivity index (χ0v) is 10.7. The van der Waals surface area contributed by atoms with Gasteiger partial charge in [-0.25, -0.2) is 0 Å². The van der Waals surface area contributed by atoms with Crippen molar-refractivity contribution in [2.45, 2.75) is 6.42 Å². The first kappa shape index (κ1) is 12.7. The van der Waals surface area contributed by atoms with E-state index in [1.807, 2.05) is 12.1 Å². The van der Waals surface area contributed by atoms with Crippen molar-refractivity contribution in [1.29, 1.82) is 0 Å². The van der Waals surface area contributed by atoms with Crippen molar-refractivity contribution >= 4 is 11.6 Å². The Hall–Kier alpha value is -1.75. The van der Waals surface area contributed by atoms with Crippen LogP contribution in [0.15, 0.2) is 18.2 Å². The summed E-state index contributed by atoms with van der Waals surface area (Å²) in [5, 5.41) is 0. The molecule has 98 valence electrons. The lowest BCUT2D eigenvalue weighted by Crippen LogP contribution is -2.25. The molecule has 1 aliphatic rings. The molecule has 18 heavy (non-hydrogen) atoms. The lowest BCUT2D eigenvalue weighted by atomic mass is 10.1. The molecule has 2 rings (SSSR count). The van der Waals surface area contributed by atoms with Crippen LogP contribution >= 0.6 is 0 Å². The van der Waals surface area contributed by atoms with Gasteiger partial charge in [-0.15, -0.1) is 0 Å². The van der Waals surface area contributed by atoms with Crippen LogP contribution in [0, 0.1) is 5.92 Å². The van der Waals surface area contributed by atoms with Crippen molar-refractivity contribution in [1.82, 2.24) is 0 Å². The van der Waals surface area contributed by atoms with Gasteiger partial charge in [-0.2, -0.15) is 0 Å². The lowest BCUT2D eigenvalue weighted by Gasteiger charge is -2.18. The molecule has 1 atom stereocenters. The Kier molecular flexibility index (Phi) is 3.72. The van der Waals surface area contributed by atoms with E-state index in [9.17, 15) is 4.79 Å². The first-order valence-electron chi connectivity index (χ1n) is 5.91. The largest absolute Gasteiger partial charge is 0.497 e. The molecule has 0 aromatic heterocycles. The van der Waals surface area contributed by atoms with Crippen molar-refractivity contribution < 1.29 is 14.3 Å². The van der Waals surface area contributed by atoms with Crippen molar-refractivity contribution in [2.75, 3.05) is 32.2 Å². The molecule has 0 saturated carbocycles. The fraction of sp³-hybridized carbons (Fsp3) is 0.462. The fourth-order valence-corrected chi connectivity index (χ4v) is 2.14. The van der Waals surface area contributed by atoms with Crippen LogP contribution in [0.3, 0.4) is 0 Å². The number of amides is 1. The van der Waals surface area contributed by atoms with Gasteiger partial charge in [-0.1, -0.05) is 0 Å². The summed E-state index contributed by atoms with van der Waals surface area (Å²) in [5.74, 6) is 1.68. The average molecular weight is 250 g/mol. The monoisotopic (exact) mass is 250 g/mol. The third-order valence-electron chi connectivity index (χ3n) is 3.19. The van der Waals surface area contributed by atoms with Crippen LogP contribution in [0.4, 0.5) is 5.69 Å². The molecule has 5 heteroatoms. The number of nitrogens with zero attached hydrogens (tertiary/aromatic N) is 1. The Labute approximate surface area is 106 Å². The van der Waals surface area contributed by atoms with Gasteiger partial charge in [0.2, 0.25) is 5.91 Å². The van der Waals surface area contributed by atoms with E-state index in [0.717, 1.165) is 5.69 Å². The van der Waals surface area contributed by atoms with Crippen LogP contribution in [-0.2, 0) is 4.79 Å². The summed E-state index contributed by atoms with van der Waals surface area (Å²) in [6.07, 6.45) is 0.510. The zero-order valence-electron chi connectivity index (χ0n) is 10.7. The third-order valence-corrected chi connectivity index (χ3v) is 3.19. The van der Waals surface area contributed by atoms with E-state index in [0.29, 0.717) is 31.0 Å². The maximum absolute atomic E-state index is 11.9. The molecular weight excluding hydrogens is 232 g/mol. The normalized spacial score (nSPS) is 19.2. The first-order chi connectivity index (χ1) is 8.67. The molecule has 1 amide bonds. The van der Waals surface area contributed by atoms with Gasteiger partial charge in [0.25, 0.3) is 0 Å². The Bertz CT molecular complexity index is 426. The van der Waals surface area contributed by atoms with Gasteiger partial charge in [0.05, 0.1) is 19.9 Å². The number of nitrogens with two attached hydrogens (primary N) is 1. The van der Waals surface area contributed by atoms with E-state index in [4.69, 9.17) is 15.2 Å². The summed E-state index contributed by atoms with van der Waals surface area (Å²) in [6, 6.07) is 5.45. The summed E-state index contributed by atoms with van der Waals surface area (Å²) in [5.41, 5.74) is 6.42. The summed E-state index contributed by atoms with van der Waals surface area (Å²) >= 11 is 0. The molecule has 2 N–H and O–H groups in total. The number of methoxy groups -OCH3 is 2. The molecule has 1 heterocycles. The molecule has 0 spiro atoms. The molecule has 0 bridgehead atoms. The molecule has 1 aromatic carbocycles. The van der Waals surface area contributed by atoms with Gasteiger partial charge < -0.3 is 20.1 Å². The molecule has 1 unspecified atom stereocenters. The van der Waals surface area contributed by atoms with Crippen molar-refractivity contribution in [3.63, 3.8) is 0 Å². The second kappa shape index (κ2) is 5.27. The number of anilines is 1. The first-order valence-corrected chi connectivity index (χ1v) is 5.91. The van der Waals surface area contributed by atoms with E-state index >= 15 is 0 Å².